The van der Waals surface area contributed by atoms with Crippen LogP contribution in [0.1, 0.15) is 88.3 Å². The Morgan fingerprint density at radius 1 is 0.938 bits per heavy atom. The fourth-order valence-electron chi connectivity index (χ4n) is 11.2. The van der Waals surface area contributed by atoms with Crippen LogP contribution in [-0.2, 0) is 26.7 Å². The van der Waals surface area contributed by atoms with Crippen LogP contribution in [0.5, 0.6) is 0 Å². The van der Waals surface area contributed by atoms with E-state index >= 15 is 0 Å². The Bertz CT molecular complexity index is 2930. The number of carbonyl (C=O) groups is 2. The van der Waals surface area contributed by atoms with Crippen molar-refractivity contribution in [3.63, 3.8) is 0 Å². The van der Waals surface area contributed by atoms with Crippen molar-refractivity contribution in [3.05, 3.63) is 80.1 Å². The first kappa shape index (κ1) is 42.8. The summed E-state index contributed by atoms with van der Waals surface area (Å²) < 4.78 is 34.5. The van der Waals surface area contributed by atoms with E-state index in [2.05, 4.69) is 32.5 Å². The SMILES string of the molecule is Cc1cc(S(=O)(=O)N2CCC(N(C)CC3CCN(c4cccc5c4n(C)c(=O)n5C4CCC(=O)NC4=O)CC3)CC2)ccc1Nc1ncc2cc(Cl)c(=O)n(C3CCCC34CC4)c2n1. The number of benzene rings is 2. The second-order valence-corrected chi connectivity index (χ2v) is 21.2. The zero-order valence-electron chi connectivity index (χ0n) is 36.6. The largest absolute Gasteiger partial charge is 0.370 e. The van der Waals surface area contributed by atoms with Gasteiger partial charge in [0.15, 0.2) is 0 Å². The number of anilines is 3. The number of nitrogens with one attached hydrogen (secondary N) is 2. The molecule has 2 saturated carbocycles. The van der Waals surface area contributed by atoms with E-state index in [0.29, 0.717) is 53.6 Å². The number of aryl methyl sites for hydroxylation is 2. The van der Waals surface area contributed by atoms with Crippen molar-refractivity contribution < 1.29 is 18.0 Å². The summed E-state index contributed by atoms with van der Waals surface area (Å²) in [6, 6.07) is 12.2. The van der Waals surface area contributed by atoms with Crippen molar-refractivity contribution >= 4 is 72.8 Å². The quantitative estimate of drug-likeness (QED) is 0.166. The van der Waals surface area contributed by atoms with Gasteiger partial charge in [0.25, 0.3) is 5.56 Å². The van der Waals surface area contributed by atoms with E-state index in [1.54, 1.807) is 50.9 Å². The molecule has 2 atom stereocenters. The molecule has 6 heterocycles. The van der Waals surface area contributed by atoms with Crippen LogP contribution in [0.3, 0.4) is 0 Å². The minimum atomic E-state index is -3.73. The van der Waals surface area contributed by atoms with Gasteiger partial charge in [0.05, 0.1) is 21.6 Å². The molecule has 64 heavy (non-hydrogen) atoms. The Labute approximate surface area is 376 Å². The molecule has 3 aromatic heterocycles. The van der Waals surface area contributed by atoms with Crippen LogP contribution in [0, 0.1) is 18.3 Å². The molecule has 0 bridgehead atoms. The third-order valence-corrected chi connectivity index (χ3v) is 17.2. The highest BCUT2D eigenvalue weighted by Crippen LogP contribution is 2.63. The van der Waals surface area contributed by atoms with Crippen LogP contribution < -0.4 is 26.8 Å². The molecule has 3 saturated heterocycles. The summed E-state index contributed by atoms with van der Waals surface area (Å²) in [4.78, 5) is 65.8. The second-order valence-electron chi connectivity index (χ2n) is 18.8. The number of aromatic nitrogens is 5. The third kappa shape index (κ3) is 7.51. The maximum absolute atomic E-state index is 14.0. The van der Waals surface area contributed by atoms with Gasteiger partial charge in [-0.2, -0.15) is 9.29 Å². The lowest BCUT2D eigenvalue weighted by Crippen LogP contribution is -2.47. The topological polar surface area (TPSA) is 177 Å². The van der Waals surface area contributed by atoms with E-state index in [0.717, 1.165) is 94.2 Å². The molecule has 338 valence electrons. The number of hydrogen-bond acceptors (Lipinski definition) is 11. The number of amides is 2. The first-order chi connectivity index (χ1) is 30.7. The number of rotatable bonds is 10. The van der Waals surface area contributed by atoms with Gasteiger partial charge in [-0.3, -0.25) is 33.4 Å². The average Bonchev–Trinajstić information content (AvgIpc) is 3.89. The van der Waals surface area contributed by atoms with Gasteiger partial charge in [-0.05, 0) is 125 Å². The maximum atomic E-state index is 14.0. The van der Waals surface area contributed by atoms with Gasteiger partial charge in [-0.15, -0.1) is 0 Å². The predicted molar refractivity (Wildman–Crippen MR) is 246 cm³/mol. The van der Waals surface area contributed by atoms with Crippen LogP contribution >= 0.6 is 11.6 Å². The number of imide groups is 1. The first-order valence-corrected chi connectivity index (χ1v) is 24.5. The van der Waals surface area contributed by atoms with Crippen molar-refractivity contribution in [2.75, 3.05) is 50.0 Å². The number of sulfonamides is 1. The highest BCUT2D eigenvalue weighted by molar-refractivity contribution is 7.89. The Hall–Kier alpha value is -5.10. The molecular weight excluding hydrogens is 856 g/mol. The summed E-state index contributed by atoms with van der Waals surface area (Å²) in [5, 5.41) is 6.54. The Morgan fingerprint density at radius 2 is 1.70 bits per heavy atom. The number of imidazole rings is 1. The molecular formula is C46H55ClN10O6S. The highest BCUT2D eigenvalue weighted by atomic mass is 35.5. The van der Waals surface area contributed by atoms with Crippen LogP contribution in [0.4, 0.5) is 17.3 Å². The van der Waals surface area contributed by atoms with Crippen molar-refractivity contribution in [1.29, 1.82) is 0 Å². The number of nitrogens with zero attached hydrogens (tertiary/aromatic N) is 8. The molecule has 2 aromatic carbocycles. The zero-order valence-corrected chi connectivity index (χ0v) is 38.1. The van der Waals surface area contributed by atoms with Gasteiger partial charge >= 0.3 is 5.69 Å². The molecule has 0 radical (unpaired) electrons. The Kier molecular flexibility index (Phi) is 11.0. The number of fused-ring (bicyclic) bond motifs is 2. The van der Waals surface area contributed by atoms with Crippen molar-refractivity contribution in [2.45, 2.75) is 101 Å². The van der Waals surface area contributed by atoms with Gasteiger partial charge in [-0.1, -0.05) is 24.1 Å². The lowest BCUT2D eigenvalue weighted by atomic mass is 9.94. The average molecular weight is 912 g/mol. The number of para-hydroxylation sites is 1. The fraction of sp³-hybridized carbons (Fsp3) is 0.522. The summed E-state index contributed by atoms with van der Waals surface area (Å²) in [6.07, 6.45) is 10.9. The normalized spacial score (nSPS) is 22.3. The summed E-state index contributed by atoms with van der Waals surface area (Å²) in [7, 11) is 0.160. The molecule has 2 aliphatic carbocycles. The Morgan fingerprint density at radius 3 is 2.42 bits per heavy atom. The van der Waals surface area contributed by atoms with Crippen LogP contribution in [0.2, 0.25) is 5.02 Å². The van der Waals surface area contributed by atoms with Crippen LogP contribution in [0.15, 0.2) is 63.1 Å². The molecule has 3 aliphatic heterocycles. The van der Waals surface area contributed by atoms with Crippen molar-refractivity contribution in [2.24, 2.45) is 18.4 Å². The smallest absolute Gasteiger partial charge is 0.329 e. The van der Waals surface area contributed by atoms with Gasteiger partial charge in [0, 0.05) is 75.5 Å². The standard InChI is InChI=1S/C46H55ClN10O6S/c1-28-24-32(9-10-34(28)49-44-48-26-30-25-33(47)43(60)57(41(30)51-44)38-8-5-17-46(38)18-19-46)64(62,63)55-22-15-31(16-23-55)52(2)27-29-13-20-54(21-14-29)35-6-4-7-36-40(35)53(3)45(61)56(36)37-11-12-39(58)50-42(37)59/h4,6-7,9-10,24-26,29,31,37-38H,5,8,11-23,27H2,1-3H3,(H,48,49,51)(H,50,58,59). The molecule has 5 fully saturated rings. The van der Waals surface area contributed by atoms with E-state index < -0.39 is 22.0 Å². The minimum absolute atomic E-state index is 0.0645. The monoisotopic (exact) mass is 910 g/mol. The second kappa shape index (κ2) is 16.4. The van der Waals surface area contributed by atoms with Gasteiger partial charge in [-0.25, -0.2) is 18.2 Å². The first-order valence-electron chi connectivity index (χ1n) is 22.7. The predicted octanol–water partition coefficient (Wildman–Crippen LogP) is 5.63. The van der Waals surface area contributed by atoms with Crippen molar-refractivity contribution in [3.8, 4) is 0 Å². The summed E-state index contributed by atoms with van der Waals surface area (Å²) >= 11 is 6.42. The lowest BCUT2D eigenvalue weighted by molar-refractivity contribution is -0.135. The summed E-state index contributed by atoms with van der Waals surface area (Å²) in [5.74, 6) is 0.0429. The van der Waals surface area contributed by atoms with Gasteiger partial charge < -0.3 is 15.1 Å². The van der Waals surface area contributed by atoms with E-state index in [9.17, 15) is 27.6 Å². The lowest BCUT2D eigenvalue weighted by Gasteiger charge is -2.40. The van der Waals surface area contributed by atoms with E-state index in [-0.39, 0.29) is 51.0 Å². The minimum Gasteiger partial charge on any atom is -0.370 e. The molecule has 16 nitrogen and oxygen atoms in total. The molecule has 1 spiro atoms. The summed E-state index contributed by atoms with van der Waals surface area (Å²) in [6.45, 7) is 5.31. The number of carbonyl (C=O) groups excluding carboxylic acids is 2. The number of halogens is 1. The highest BCUT2D eigenvalue weighted by Gasteiger charge is 2.53. The molecule has 5 aliphatic rings. The molecule has 2 unspecified atom stereocenters. The van der Waals surface area contributed by atoms with Crippen LogP contribution in [0.25, 0.3) is 22.1 Å². The molecule has 2 amide bonds. The van der Waals surface area contributed by atoms with E-state index in [4.69, 9.17) is 16.6 Å². The van der Waals surface area contributed by atoms with E-state index in [1.807, 2.05) is 25.1 Å². The number of piperidine rings is 3. The molecule has 2 N–H and O–H groups in total. The van der Waals surface area contributed by atoms with Gasteiger partial charge in [0.1, 0.15) is 16.7 Å². The summed E-state index contributed by atoms with van der Waals surface area (Å²) in [5.41, 5.74) is 4.08. The zero-order chi connectivity index (χ0) is 44.7. The van der Waals surface area contributed by atoms with Gasteiger partial charge in [0.2, 0.25) is 27.8 Å². The third-order valence-electron chi connectivity index (χ3n) is 15.0. The van der Waals surface area contributed by atoms with Crippen LogP contribution in [-0.4, -0.2) is 98.9 Å². The van der Waals surface area contributed by atoms with Crippen molar-refractivity contribution in [1.82, 2.24) is 38.2 Å². The maximum Gasteiger partial charge on any atom is 0.329 e. The Balaban J connectivity index is 0.751. The van der Waals surface area contributed by atoms with E-state index in [1.165, 1.54) is 4.57 Å². The number of pyridine rings is 1. The molecule has 5 aromatic rings. The molecule has 10 rings (SSSR count). The molecule has 18 heteroatoms. The fourth-order valence-corrected chi connectivity index (χ4v) is 13.0. The number of hydrogen-bond donors (Lipinski definition) is 2.